The first-order chi connectivity index (χ1) is 31.9. The summed E-state index contributed by atoms with van der Waals surface area (Å²) in [4.78, 5) is 39.7. The highest BCUT2D eigenvalue weighted by molar-refractivity contribution is 7.45. The van der Waals surface area contributed by atoms with Crippen LogP contribution in [0.4, 0.5) is 0 Å². The Morgan fingerprint density at radius 1 is 0.530 bits per heavy atom. The number of amides is 1. The number of phosphoric acid groups is 1. The van der Waals surface area contributed by atoms with Crippen LogP contribution >= 0.6 is 7.82 Å². The van der Waals surface area contributed by atoms with Crippen molar-refractivity contribution in [2.75, 3.05) is 40.9 Å². The van der Waals surface area contributed by atoms with Crippen molar-refractivity contribution in [1.29, 1.82) is 0 Å². The van der Waals surface area contributed by atoms with Gasteiger partial charge in [0.1, 0.15) is 19.3 Å². The highest BCUT2D eigenvalue weighted by atomic mass is 31.2. The molecule has 0 heterocycles. The lowest BCUT2D eigenvalue weighted by molar-refractivity contribution is -0.870. The standard InChI is InChI=1S/C56H107N2O7P/c1-7-10-13-16-19-22-25-27-28-29-31-33-36-39-42-45-48-55(59)57-53(52-64-66(61,62)63-51-50-58(4,5)6)54(47-44-41-38-35-32-24-21-18-15-12-9-3)65-56(60)49-46-43-40-37-34-30-26-23-20-17-14-11-8-2/h28-29,31,33,44,47,53-54H,7-27,30,32,34-43,45-46,48-52H2,1-6H3,(H-,57,59,61,62)/b29-28+,33-31+,47-44+. The molecule has 9 nitrogen and oxygen atoms in total. The van der Waals surface area contributed by atoms with Gasteiger partial charge in [0, 0.05) is 12.8 Å². The zero-order chi connectivity index (χ0) is 48.7. The first-order valence-corrected chi connectivity index (χ1v) is 29.3. The van der Waals surface area contributed by atoms with Crippen LogP contribution in [0.3, 0.4) is 0 Å². The minimum absolute atomic E-state index is 0.0256. The highest BCUT2D eigenvalue weighted by Crippen LogP contribution is 2.38. The van der Waals surface area contributed by atoms with Crippen LogP contribution in [0.25, 0.3) is 0 Å². The summed E-state index contributed by atoms with van der Waals surface area (Å²) in [7, 11) is 1.17. The van der Waals surface area contributed by atoms with Gasteiger partial charge in [-0.15, -0.1) is 0 Å². The topological polar surface area (TPSA) is 114 Å². The number of esters is 1. The molecule has 0 rings (SSSR count). The minimum Gasteiger partial charge on any atom is -0.756 e. The van der Waals surface area contributed by atoms with Crippen LogP contribution in [0.5, 0.6) is 0 Å². The molecule has 0 aromatic rings. The van der Waals surface area contributed by atoms with Crippen LogP contribution in [-0.2, 0) is 27.9 Å². The molecule has 0 saturated heterocycles. The van der Waals surface area contributed by atoms with Gasteiger partial charge in [0.2, 0.25) is 5.91 Å². The Morgan fingerprint density at radius 3 is 1.35 bits per heavy atom. The quantitative estimate of drug-likeness (QED) is 0.0161. The SMILES string of the molecule is CCCCCCCCC/C=C/C=C/CCCCCC(=O)NC(COP(=O)([O-])OCC[N+](C)(C)C)C(/C=C/CCCCCCCCCCC)OC(=O)CCCCCCCCCCCCCCC. The van der Waals surface area contributed by atoms with Crippen molar-refractivity contribution < 1.29 is 37.3 Å². The molecule has 0 saturated carbocycles. The predicted octanol–water partition coefficient (Wildman–Crippen LogP) is 15.8. The molecule has 1 amide bonds. The van der Waals surface area contributed by atoms with E-state index in [2.05, 4.69) is 50.4 Å². The second-order valence-corrected chi connectivity index (χ2v) is 21.5. The summed E-state index contributed by atoms with van der Waals surface area (Å²) in [5, 5.41) is 3.00. The van der Waals surface area contributed by atoms with Crippen LogP contribution < -0.4 is 10.2 Å². The maximum atomic E-state index is 13.4. The van der Waals surface area contributed by atoms with Crippen molar-refractivity contribution in [2.45, 2.75) is 270 Å². The minimum atomic E-state index is -4.69. The van der Waals surface area contributed by atoms with Gasteiger partial charge in [0.15, 0.2) is 0 Å². The van der Waals surface area contributed by atoms with Crippen molar-refractivity contribution in [3.8, 4) is 0 Å². The fraction of sp³-hybridized carbons (Fsp3) is 0.857. The van der Waals surface area contributed by atoms with E-state index in [4.69, 9.17) is 13.8 Å². The number of nitrogens with zero attached hydrogens (tertiary/aromatic N) is 1. The number of hydrogen-bond acceptors (Lipinski definition) is 7. The Labute approximate surface area is 408 Å². The molecule has 0 fully saturated rings. The fourth-order valence-corrected chi connectivity index (χ4v) is 8.71. The summed E-state index contributed by atoms with van der Waals surface area (Å²) in [6, 6.07) is -0.896. The summed E-state index contributed by atoms with van der Waals surface area (Å²) in [5.41, 5.74) is 0. The van der Waals surface area contributed by atoms with Crippen molar-refractivity contribution in [3.05, 3.63) is 36.5 Å². The van der Waals surface area contributed by atoms with Gasteiger partial charge >= 0.3 is 5.97 Å². The average molecular weight is 951 g/mol. The van der Waals surface area contributed by atoms with Crippen LogP contribution in [0.1, 0.15) is 258 Å². The van der Waals surface area contributed by atoms with E-state index in [1.54, 1.807) is 0 Å². The largest absolute Gasteiger partial charge is 0.756 e. The molecule has 3 unspecified atom stereocenters. The van der Waals surface area contributed by atoms with Gasteiger partial charge in [-0.2, -0.15) is 0 Å². The number of carbonyl (C=O) groups is 2. The second kappa shape index (κ2) is 46.9. The Balaban J connectivity index is 5.39. The zero-order valence-electron chi connectivity index (χ0n) is 44.2. The first kappa shape index (κ1) is 64.2. The molecule has 0 aromatic carbocycles. The molecule has 1 N–H and O–H groups in total. The normalized spacial score (nSPS) is 14.1. The molecule has 0 radical (unpaired) electrons. The number of carbonyl (C=O) groups excluding carboxylic acids is 2. The van der Waals surface area contributed by atoms with Crippen LogP contribution in [-0.4, -0.2) is 69.4 Å². The van der Waals surface area contributed by atoms with Gasteiger partial charge < -0.3 is 28.5 Å². The van der Waals surface area contributed by atoms with E-state index in [1.165, 1.54) is 154 Å². The zero-order valence-corrected chi connectivity index (χ0v) is 45.0. The maximum Gasteiger partial charge on any atom is 0.306 e. The van der Waals surface area contributed by atoms with E-state index in [0.29, 0.717) is 17.4 Å². The number of hydrogen-bond donors (Lipinski definition) is 1. The molecule has 10 heteroatoms. The van der Waals surface area contributed by atoms with Gasteiger partial charge in [-0.05, 0) is 57.4 Å². The molecule has 66 heavy (non-hydrogen) atoms. The van der Waals surface area contributed by atoms with Crippen molar-refractivity contribution >= 4 is 19.7 Å². The fourth-order valence-electron chi connectivity index (χ4n) is 7.98. The lowest BCUT2D eigenvalue weighted by Crippen LogP contribution is -2.47. The van der Waals surface area contributed by atoms with Crippen molar-refractivity contribution in [1.82, 2.24) is 5.32 Å². The van der Waals surface area contributed by atoms with Gasteiger partial charge in [-0.25, -0.2) is 0 Å². The molecular weight excluding hydrogens is 844 g/mol. The summed E-state index contributed by atoms with van der Waals surface area (Å²) in [6.45, 7) is 6.81. The monoisotopic (exact) mass is 951 g/mol. The van der Waals surface area contributed by atoms with E-state index in [-0.39, 0.29) is 31.3 Å². The molecule has 0 aliphatic rings. The average Bonchev–Trinajstić information content (AvgIpc) is 3.27. The first-order valence-electron chi connectivity index (χ1n) is 27.8. The summed E-state index contributed by atoms with van der Waals surface area (Å²) in [6.07, 6.45) is 53.9. The molecule has 0 aliphatic carbocycles. The molecule has 0 spiro atoms. The summed E-state index contributed by atoms with van der Waals surface area (Å²) in [5.74, 6) is -0.566. The molecule has 0 bridgehead atoms. The van der Waals surface area contributed by atoms with Crippen molar-refractivity contribution in [3.63, 3.8) is 0 Å². The van der Waals surface area contributed by atoms with Crippen LogP contribution in [0.15, 0.2) is 36.5 Å². The van der Waals surface area contributed by atoms with E-state index in [1.807, 2.05) is 33.3 Å². The summed E-state index contributed by atoms with van der Waals surface area (Å²) < 4.78 is 30.1. The number of unbranched alkanes of at least 4 members (excludes halogenated alkanes) is 31. The van der Waals surface area contributed by atoms with E-state index in [9.17, 15) is 19.0 Å². The third kappa shape index (κ3) is 47.3. The number of rotatable bonds is 50. The Bertz CT molecular complexity index is 1230. The Kier molecular flexibility index (Phi) is 45.7. The molecule has 0 aliphatic heterocycles. The van der Waals surface area contributed by atoms with Gasteiger partial charge in [0.25, 0.3) is 7.82 Å². The van der Waals surface area contributed by atoms with E-state index >= 15 is 0 Å². The Hall–Kier alpha value is -1.77. The number of ether oxygens (including phenoxy) is 1. The van der Waals surface area contributed by atoms with Crippen LogP contribution in [0, 0.1) is 0 Å². The smallest absolute Gasteiger partial charge is 0.306 e. The Morgan fingerprint density at radius 2 is 0.909 bits per heavy atom. The van der Waals surface area contributed by atoms with Gasteiger partial charge in [0.05, 0.1) is 33.8 Å². The van der Waals surface area contributed by atoms with Gasteiger partial charge in [-0.3, -0.25) is 14.2 Å². The van der Waals surface area contributed by atoms with E-state index < -0.39 is 26.6 Å². The predicted molar refractivity (Wildman–Crippen MR) is 279 cm³/mol. The highest BCUT2D eigenvalue weighted by Gasteiger charge is 2.27. The number of allylic oxidation sites excluding steroid dienone is 5. The second-order valence-electron chi connectivity index (χ2n) is 20.1. The third-order valence-corrected chi connectivity index (χ3v) is 13.3. The number of nitrogens with one attached hydrogen (secondary N) is 1. The molecule has 3 atom stereocenters. The molecule has 0 aromatic heterocycles. The van der Waals surface area contributed by atoms with Crippen LogP contribution in [0.2, 0.25) is 0 Å². The molecule has 388 valence electrons. The number of likely N-dealkylation sites (N-methyl/N-ethyl adjacent to an activating group) is 1. The van der Waals surface area contributed by atoms with E-state index in [0.717, 1.165) is 64.2 Å². The number of phosphoric ester groups is 1. The lowest BCUT2D eigenvalue weighted by atomic mass is 10.0. The van der Waals surface area contributed by atoms with Gasteiger partial charge in [-0.1, -0.05) is 225 Å². The molecular formula is C56H107N2O7P. The third-order valence-electron chi connectivity index (χ3n) is 12.4. The lowest BCUT2D eigenvalue weighted by Gasteiger charge is -2.30. The maximum absolute atomic E-state index is 13.4. The number of quaternary nitrogens is 1. The summed E-state index contributed by atoms with van der Waals surface area (Å²) >= 11 is 0. The van der Waals surface area contributed by atoms with Crippen molar-refractivity contribution in [2.24, 2.45) is 0 Å².